The Hall–Kier alpha value is -1.86. The summed E-state index contributed by atoms with van der Waals surface area (Å²) in [5.41, 5.74) is 1.32. The number of hydrogen-bond donors (Lipinski definition) is 0. The lowest BCUT2D eigenvalue weighted by Gasteiger charge is -2.34. The van der Waals surface area contributed by atoms with E-state index < -0.39 is 0 Å². The second kappa shape index (κ2) is 7.61. The maximum Gasteiger partial charge on any atom is 0.233 e. The van der Waals surface area contributed by atoms with E-state index in [9.17, 15) is 4.79 Å². The molecule has 122 valence electrons. The molecule has 1 fully saturated rings. The molecule has 7 heteroatoms. The molecule has 1 aliphatic rings. The van der Waals surface area contributed by atoms with Crippen LogP contribution in [0.4, 0.5) is 0 Å². The molecule has 0 spiro atoms. The van der Waals surface area contributed by atoms with Gasteiger partial charge in [0.05, 0.1) is 5.75 Å². The van der Waals surface area contributed by atoms with Gasteiger partial charge >= 0.3 is 0 Å². The largest absolute Gasteiger partial charge is 0.339 e. The lowest BCUT2D eigenvalue weighted by atomic mass is 10.2. The third kappa shape index (κ3) is 4.33. The summed E-state index contributed by atoms with van der Waals surface area (Å²) in [4.78, 5) is 16.6. The SMILES string of the molecule is Cn1cnnc1SCC(=O)N1CCN(Cc2ccccc2)CC1. The van der Waals surface area contributed by atoms with Crippen molar-refractivity contribution in [1.29, 1.82) is 0 Å². The number of hydrogen-bond acceptors (Lipinski definition) is 5. The Labute approximate surface area is 140 Å². The molecule has 0 radical (unpaired) electrons. The number of amides is 1. The van der Waals surface area contributed by atoms with Crippen LogP contribution >= 0.6 is 11.8 Å². The second-order valence-electron chi connectivity index (χ2n) is 5.66. The highest BCUT2D eigenvalue weighted by Crippen LogP contribution is 2.15. The summed E-state index contributed by atoms with van der Waals surface area (Å²) in [5, 5.41) is 8.59. The van der Waals surface area contributed by atoms with Crippen LogP contribution in [0.3, 0.4) is 0 Å². The van der Waals surface area contributed by atoms with Crippen LogP contribution in [0.1, 0.15) is 5.56 Å². The molecule has 1 aromatic carbocycles. The zero-order chi connectivity index (χ0) is 16.1. The van der Waals surface area contributed by atoms with Gasteiger partial charge in [0.1, 0.15) is 6.33 Å². The molecular weight excluding hydrogens is 310 g/mol. The van der Waals surface area contributed by atoms with Crippen molar-refractivity contribution < 1.29 is 4.79 Å². The van der Waals surface area contributed by atoms with Gasteiger partial charge in [0, 0.05) is 39.8 Å². The zero-order valence-corrected chi connectivity index (χ0v) is 14.1. The summed E-state index contributed by atoms with van der Waals surface area (Å²) in [6.07, 6.45) is 1.65. The zero-order valence-electron chi connectivity index (χ0n) is 13.3. The standard InChI is InChI=1S/C16H21N5OS/c1-19-13-17-18-16(19)23-12-15(22)21-9-7-20(8-10-21)11-14-5-3-2-4-6-14/h2-6,13H,7-12H2,1H3. The number of nitrogens with zero attached hydrogens (tertiary/aromatic N) is 5. The van der Waals surface area contributed by atoms with E-state index in [4.69, 9.17) is 0 Å². The number of carbonyl (C=O) groups excluding carboxylic acids is 1. The minimum atomic E-state index is 0.178. The summed E-state index contributed by atoms with van der Waals surface area (Å²) < 4.78 is 1.83. The van der Waals surface area contributed by atoms with E-state index in [0.29, 0.717) is 5.75 Å². The van der Waals surface area contributed by atoms with Crippen LogP contribution < -0.4 is 0 Å². The number of rotatable bonds is 5. The Balaban J connectivity index is 1.43. The second-order valence-corrected chi connectivity index (χ2v) is 6.60. The Morgan fingerprint density at radius 1 is 1.17 bits per heavy atom. The maximum absolute atomic E-state index is 12.3. The molecule has 2 aromatic rings. The van der Waals surface area contributed by atoms with Crippen molar-refractivity contribution in [3.63, 3.8) is 0 Å². The first-order valence-electron chi connectivity index (χ1n) is 7.73. The molecule has 1 aromatic heterocycles. The molecule has 6 nitrogen and oxygen atoms in total. The van der Waals surface area contributed by atoms with Gasteiger partial charge in [0.15, 0.2) is 5.16 Å². The van der Waals surface area contributed by atoms with E-state index >= 15 is 0 Å². The number of benzene rings is 1. The molecule has 0 saturated carbocycles. The first kappa shape index (κ1) is 16.0. The van der Waals surface area contributed by atoms with Gasteiger partial charge in [-0.15, -0.1) is 10.2 Å². The number of aryl methyl sites for hydroxylation is 1. The molecule has 0 atom stereocenters. The molecule has 1 amide bonds. The molecule has 0 bridgehead atoms. The van der Waals surface area contributed by atoms with Crippen LogP contribution in [-0.2, 0) is 18.4 Å². The molecule has 1 saturated heterocycles. The van der Waals surface area contributed by atoms with Crippen molar-refractivity contribution in [2.75, 3.05) is 31.9 Å². The quantitative estimate of drug-likeness (QED) is 0.772. The molecule has 23 heavy (non-hydrogen) atoms. The fourth-order valence-electron chi connectivity index (χ4n) is 2.62. The normalized spacial score (nSPS) is 15.8. The van der Waals surface area contributed by atoms with Crippen LogP contribution in [0, 0.1) is 0 Å². The van der Waals surface area contributed by atoms with E-state index in [2.05, 4.69) is 39.4 Å². The van der Waals surface area contributed by atoms with Gasteiger partial charge in [-0.1, -0.05) is 42.1 Å². The van der Waals surface area contributed by atoms with Gasteiger partial charge in [-0.3, -0.25) is 9.69 Å². The van der Waals surface area contributed by atoms with Gasteiger partial charge in [0.2, 0.25) is 5.91 Å². The van der Waals surface area contributed by atoms with Gasteiger partial charge in [-0.2, -0.15) is 0 Å². The average molecular weight is 331 g/mol. The smallest absolute Gasteiger partial charge is 0.233 e. The Kier molecular flexibility index (Phi) is 5.30. The first-order chi connectivity index (χ1) is 11.2. The summed E-state index contributed by atoms with van der Waals surface area (Å²) in [5.74, 6) is 0.600. The molecule has 0 N–H and O–H groups in total. The third-order valence-electron chi connectivity index (χ3n) is 3.97. The van der Waals surface area contributed by atoms with Gasteiger partial charge in [-0.05, 0) is 5.56 Å². The van der Waals surface area contributed by atoms with Crippen LogP contribution in [0.15, 0.2) is 41.8 Å². The van der Waals surface area contributed by atoms with Crippen molar-refractivity contribution in [3.8, 4) is 0 Å². The third-order valence-corrected chi connectivity index (χ3v) is 4.99. The summed E-state index contributed by atoms with van der Waals surface area (Å²) in [6.45, 7) is 4.40. The minimum Gasteiger partial charge on any atom is -0.339 e. The lowest BCUT2D eigenvalue weighted by molar-refractivity contribution is -0.130. The highest BCUT2D eigenvalue weighted by Gasteiger charge is 2.21. The molecule has 0 unspecified atom stereocenters. The summed E-state index contributed by atoms with van der Waals surface area (Å²) >= 11 is 1.44. The number of piperazine rings is 1. The van der Waals surface area contributed by atoms with Gasteiger partial charge in [0.25, 0.3) is 0 Å². The number of carbonyl (C=O) groups is 1. The topological polar surface area (TPSA) is 54.3 Å². The van der Waals surface area contributed by atoms with Gasteiger partial charge in [-0.25, -0.2) is 0 Å². The fraction of sp³-hybridized carbons (Fsp3) is 0.438. The van der Waals surface area contributed by atoms with E-state index in [-0.39, 0.29) is 5.91 Å². The Morgan fingerprint density at radius 2 is 1.91 bits per heavy atom. The van der Waals surface area contributed by atoms with Crippen molar-refractivity contribution in [2.24, 2.45) is 7.05 Å². The van der Waals surface area contributed by atoms with E-state index in [1.165, 1.54) is 17.3 Å². The maximum atomic E-state index is 12.3. The molecular formula is C16H21N5OS. The Bertz CT molecular complexity index is 637. The predicted octanol–water partition coefficient (Wildman–Crippen LogP) is 1.25. The van der Waals surface area contributed by atoms with Crippen molar-refractivity contribution in [3.05, 3.63) is 42.2 Å². The van der Waals surface area contributed by atoms with E-state index in [1.54, 1.807) is 6.33 Å². The lowest BCUT2D eigenvalue weighted by Crippen LogP contribution is -2.48. The fourth-order valence-corrected chi connectivity index (χ4v) is 3.41. The van der Waals surface area contributed by atoms with E-state index in [0.717, 1.165) is 37.9 Å². The highest BCUT2D eigenvalue weighted by molar-refractivity contribution is 7.99. The number of thioether (sulfide) groups is 1. The Morgan fingerprint density at radius 3 is 2.57 bits per heavy atom. The van der Waals surface area contributed by atoms with Crippen molar-refractivity contribution in [1.82, 2.24) is 24.6 Å². The van der Waals surface area contributed by atoms with Crippen LogP contribution in [-0.4, -0.2) is 62.4 Å². The molecule has 0 aliphatic carbocycles. The summed E-state index contributed by atoms with van der Waals surface area (Å²) in [7, 11) is 1.88. The van der Waals surface area contributed by atoms with Crippen LogP contribution in [0.25, 0.3) is 0 Å². The summed E-state index contributed by atoms with van der Waals surface area (Å²) in [6, 6.07) is 10.5. The molecule has 1 aliphatic heterocycles. The molecule has 3 rings (SSSR count). The minimum absolute atomic E-state index is 0.178. The van der Waals surface area contributed by atoms with Gasteiger partial charge < -0.3 is 9.47 Å². The first-order valence-corrected chi connectivity index (χ1v) is 8.72. The molecule has 2 heterocycles. The van der Waals surface area contributed by atoms with Crippen molar-refractivity contribution >= 4 is 17.7 Å². The van der Waals surface area contributed by atoms with E-state index in [1.807, 2.05) is 22.6 Å². The monoisotopic (exact) mass is 331 g/mol. The highest BCUT2D eigenvalue weighted by atomic mass is 32.2. The van der Waals surface area contributed by atoms with Crippen molar-refractivity contribution in [2.45, 2.75) is 11.7 Å². The average Bonchev–Trinajstić information content (AvgIpc) is 2.99. The van der Waals surface area contributed by atoms with Crippen LogP contribution in [0.2, 0.25) is 0 Å². The van der Waals surface area contributed by atoms with Crippen LogP contribution in [0.5, 0.6) is 0 Å². The predicted molar refractivity (Wildman–Crippen MR) is 90.0 cm³/mol. The number of aromatic nitrogens is 3.